The van der Waals surface area contributed by atoms with E-state index in [1.165, 1.54) is 11.8 Å². The lowest BCUT2D eigenvalue weighted by Gasteiger charge is -2.16. The van der Waals surface area contributed by atoms with Crippen LogP contribution in [-0.2, 0) is 10.5 Å². The van der Waals surface area contributed by atoms with Gasteiger partial charge in [-0.1, -0.05) is 0 Å². The van der Waals surface area contributed by atoms with Gasteiger partial charge in [-0.05, 0) is 33.8 Å². The molecule has 2 aromatic rings. The topological polar surface area (TPSA) is 89.4 Å². The molecule has 20 heavy (non-hydrogen) atoms. The number of carbonyl (C=O) groups is 1. The Hall–Kier alpha value is -1.76. The lowest BCUT2D eigenvalue weighted by Crippen LogP contribution is -2.27. The van der Waals surface area contributed by atoms with Crippen LogP contribution < -0.4 is 0 Å². The average Bonchev–Trinajstić information content (AvgIpc) is 2.93. The van der Waals surface area contributed by atoms with Gasteiger partial charge >= 0.3 is 5.97 Å². The van der Waals surface area contributed by atoms with Crippen molar-refractivity contribution in [1.29, 1.82) is 0 Å². The summed E-state index contributed by atoms with van der Waals surface area (Å²) in [4.78, 5) is 11.0. The SMILES string of the molecule is Cc1cc(-c2nnc(CSC(C)(C)C(=O)O)o2)c(C)o1. The Kier molecular flexibility index (Phi) is 3.89. The molecule has 6 nitrogen and oxygen atoms in total. The zero-order valence-corrected chi connectivity index (χ0v) is 12.6. The van der Waals surface area contributed by atoms with Crippen molar-refractivity contribution in [2.24, 2.45) is 0 Å². The van der Waals surface area contributed by atoms with Gasteiger partial charge in [0, 0.05) is 0 Å². The molecule has 2 aromatic heterocycles. The van der Waals surface area contributed by atoms with Crippen molar-refractivity contribution in [3.05, 3.63) is 23.5 Å². The molecule has 0 saturated heterocycles. The largest absolute Gasteiger partial charge is 0.480 e. The Morgan fingerprint density at radius 1 is 1.35 bits per heavy atom. The molecule has 0 aromatic carbocycles. The third-order valence-electron chi connectivity index (χ3n) is 2.81. The van der Waals surface area contributed by atoms with Crippen LogP contribution >= 0.6 is 11.8 Å². The number of thioether (sulfide) groups is 1. The molecule has 0 aliphatic carbocycles. The molecule has 0 bridgehead atoms. The van der Waals surface area contributed by atoms with Crippen LogP contribution in [0.25, 0.3) is 11.5 Å². The highest BCUT2D eigenvalue weighted by Gasteiger charge is 2.28. The Labute approximate surface area is 120 Å². The van der Waals surface area contributed by atoms with E-state index in [9.17, 15) is 4.79 Å². The number of carboxylic acid groups (broad SMARTS) is 1. The van der Waals surface area contributed by atoms with Crippen LogP contribution in [0.2, 0.25) is 0 Å². The summed E-state index contributed by atoms with van der Waals surface area (Å²) < 4.78 is 10.1. The Bertz CT molecular complexity index is 630. The molecule has 0 radical (unpaired) electrons. The van der Waals surface area contributed by atoms with Crippen molar-refractivity contribution in [3.63, 3.8) is 0 Å². The van der Waals surface area contributed by atoms with E-state index in [0.29, 0.717) is 17.5 Å². The maximum Gasteiger partial charge on any atom is 0.319 e. The second kappa shape index (κ2) is 5.32. The molecule has 2 rings (SSSR count). The molecular weight excluding hydrogens is 280 g/mol. The second-order valence-electron chi connectivity index (χ2n) is 4.93. The van der Waals surface area contributed by atoms with E-state index in [1.54, 1.807) is 13.8 Å². The van der Waals surface area contributed by atoms with Gasteiger partial charge in [0.2, 0.25) is 5.89 Å². The fraction of sp³-hybridized carbons (Fsp3) is 0.462. The molecule has 0 atom stereocenters. The van der Waals surface area contributed by atoms with Gasteiger partial charge in [-0.25, -0.2) is 0 Å². The van der Waals surface area contributed by atoms with Gasteiger partial charge in [0.1, 0.15) is 16.3 Å². The van der Waals surface area contributed by atoms with Crippen LogP contribution in [0.3, 0.4) is 0 Å². The number of nitrogens with zero attached hydrogens (tertiary/aromatic N) is 2. The molecule has 0 fully saturated rings. The summed E-state index contributed by atoms with van der Waals surface area (Å²) >= 11 is 1.24. The van der Waals surface area contributed by atoms with E-state index in [0.717, 1.165) is 17.1 Å². The molecule has 0 unspecified atom stereocenters. The van der Waals surface area contributed by atoms with E-state index < -0.39 is 10.7 Å². The zero-order chi connectivity index (χ0) is 14.9. The quantitative estimate of drug-likeness (QED) is 0.906. The van der Waals surface area contributed by atoms with Crippen LogP contribution in [0.4, 0.5) is 0 Å². The van der Waals surface area contributed by atoms with Crippen molar-refractivity contribution in [3.8, 4) is 11.5 Å². The van der Waals surface area contributed by atoms with Crippen LogP contribution in [0.5, 0.6) is 0 Å². The predicted molar refractivity (Wildman–Crippen MR) is 74.5 cm³/mol. The summed E-state index contributed by atoms with van der Waals surface area (Å²) in [5.41, 5.74) is 0.767. The van der Waals surface area contributed by atoms with Crippen LogP contribution in [0, 0.1) is 13.8 Å². The molecule has 2 heterocycles. The van der Waals surface area contributed by atoms with Gasteiger partial charge in [-0.2, -0.15) is 0 Å². The minimum Gasteiger partial charge on any atom is -0.480 e. The summed E-state index contributed by atoms with van der Waals surface area (Å²) in [7, 11) is 0. The third kappa shape index (κ3) is 3.04. The standard InChI is InChI=1S/C13H16N2O4S/c1-7-5-9(8(2)18-7)11-15-14-10(19-11)6-20-13(3,4)12(16)17/h5H,6H2,1-4H3,(H,16,17). The minimum absolute atomic E-state index is 0.349. The van der Waals surface area contributed by atoms with Gasteiger partial charge < -0.3 is 13.9 Å². The van der Waals surface area contributed by atoms with Crippen LogP contribution in [0.1, 0.15) is 31.3 Å². The Morgan fingerprint density at radius 2 is 2.05 bits per heavy atom. The van der Waals surface area contributed by atoms with E-state index in [1.807, 2.05) is 19.9 Å². The highest BCUT2D eigenvalue weighted by atomic mass is 32.2. The van der Waals surface area contributed by atoms with E-state index in [-0.39, 0.29) is 0 Å². The van der Waals surface area contributed by atoms with Crippen LogP contribution in [0.15, 0.2) is 14.9 Å². The second-order valence-corrected chi connectivity index (χ2v) is 6.53. The Balaban J connectivity index is 2.10. The molecule has 0 amide bonds. The number of furan rings is 1. The number of hydrogen-bond acceptors (Lipinski definition) is 6. The highest BCUT2D eigenvalue weighted by Crippen LogP contribution is 2.30. The van der Waals surface area contributed by atoms with Gasteiger partial charge in [-0.3, -0.25) is 4.79 Å². The van der Waals surface area contributed by atoms with Gasteiger partial charge in [0.15, 0.2) is 0 Å². The monoisotopic (exact) mass is 296 g/mol. The summed E-state index contributed by atoms with van der Waals surface area (Å²) in [6, 6.07) is 1.83. The smallest absolute Gasteiger partial charge is 0.319 e. The first-order valence-corrected chi connectivity index (χ1v) is 7.05. The highest BCUT2D eigenvalue weighted by molar-refractivity contribution is 8.00. The fourth-order valence-corrected chi connectivity index (χ4v) is 2.29. The predicted octanol–water partition coefficient (Wildman–Crippen LogP) is 3.04. The zero-order valence-electron chi connectivity index (χ0n) is 11.8. The fourth-order valence-electron chi connectivity index (χ4n) is 1.57. The first-order chi connectivity index (χ1) is 9.29. The number of aryl methyl sites for hydroxylation is 2. The molecule has 0 aliphatic heterocycles. The first kappa shape index (κ1) is 14.6. The summed E-state index contributed by atoms with van der Waals surface area (Å²) in [6.45, 7) is 6.95. The van der Waals surface area contributed by atoms with Gasteiger partial charge in [0.25, 0.3) is 5.89 Å². The van der Waals surface area contributed by atoms with Crippen molar-refractivity contribution in [1.82, 2.24) is 10.2 Å². The minimum atomic E-state index is -0.892. The number of carboxylic acids is 1. The molecule has 1 N–H and O–H groups in total. The summed E-state index contributed by atoms with van der Waals surface area (Å²) in [6.07, 6.45) is 0. The lowest BCUT2D eigenvalue weighted by molar-refractivity contribution is -0.138. The Morgan fingerprint density at radius 3 is 2.60 bits per heavy atom. The maximum atomic E-state index is 11.0. The summed E-state index contributed by atoms with van der Waals surface area (Å²) in [5, 5.41) is 16.9. The number of aromatic nitrogens is 2. The van der Waals surface area contributed by atoms with Crippen molar-refractivity contribution >= 4 is 17.7 Å². The number of hydrogen-bond donors (Lipinski definition) is 1. The van der Waals surface area contributed by atoms with Crippen molar-refractivity contribution < 1.29 is 18.7 Å². The first-order valence-electron chi connectivity index (χ1n) is 6.07. The van der Waals surface area contributed by atoms with Crippen LogP contribution in [-0.4, -0.2) is 26.0 Å². The molecule has 108 valence electrons. The molecule has 0 spiro atoms. The molecule has 0 aliphatic rings. The van der Waals surface area contributed by atoms with Gasteiger partial charge in [-0.15, -0.1) is 22.0 Å². The summed E-state index contributed by atoms with van der Waals surface area (Å²) in [5.74, 6) is 1.77. The third-order valence-corrected chi connectivity index (χ3v) is 4.10. The van der Waals surface area contributed by atoms with Crippen molar-refractivity contribution in [2.45, 2.75) is 38.2 Å². The van der Waals surface area contributed by atoms with E-state index in [2.05, 4.69) is 10.2 Å². The van der Waals surface area contributed by atoms with E-state index >= 15 is 0 Å². The number of aliphatic carboxylic acids is 1. The molecule has 0 saturated carbocycles. The van der Waals surface area contributed by atoms with Gasteiger partial charge in [0.05, 0.1) is 11.3 Å². The van der Waals surface area contributed by atoms with E-state index in [4.69, 9.17) is 13.9 Å². The maximum absolute atomic E-state index is 11.0. The lowest BCUT2D eigenvalue weighted by atomic mass is 10.2. The molecular formula is C13H16N2O4S. The molecule has 7 heteroatoms. The average molecular weight is 296 g/mol. The normalized spacial score (nSPS) is 11.8. The number of rotatable bonds is 5. The van der Waals surface area contributed by atoms with Crippen molar-refractivity contribution in [2.75, 3.05) is 0 Å².